The van der Waals surface area contributed by atoms with Crippen LogP contribution >= 0.6 is 11.3 Å². The number of aryl methyl sites for hydroxylation is 2. The van der Waals surface area contributed by atoms with E-state index >= 15 is 0 Å². The fourth-order valence-corrected chi connectivity index (χ4v) is 3.50. The van der Waals surface area contributed by atoms with Crippen LogP contribution in [0, 0.1) is 6.92 Å². The van der Waals surface area contributed by atoms with Crippen molar-refractivity contribution in [3.05, 3.63) is 45.9 Å². The molecule has 1 fully saturated rings. The molecule has 2 amide bonds. The molecule has 1 saturated heterocycles. The van der Waals surface area contributed by atoms with E-state index in [9.17, 15) is 4.79 Å². The van der Waals surface area contributed by atoms with Crippen molar-refractivity contribution in [1.29, 1.82) is 0 Å². The number of urea groups is 1. The Kier molecular flexibility index (Phi) is 5.48. The summed E-state index contributed by atoms with van der Waals surface area (Å²) in [5.41, 5.74) is 3.19. The van der Waals surface area contributed by atoms with Gasteiger partial charge in [-0.1, -0.05) is 24.6 Å². The number of thiazole rings is 1. The highest BCUT2D eigenvalue weighted by Gasteiger charge is 2.21. The molecule has 6 heteroatoms. The summed E-state index contributed by atoms with van der Waals surface area (Å²) in [5, 5.41) is 6.32. The molecule has 1 aromatic heterocycles. The Morgan fingerprint density at radius 1 is 1.21 bits per heavy atom. The van der Waals surface area contributed by atoms with E-state index in [2.05, 4.69) is 27.5 Å². The van der Waals surface area contributed by atoms with Gasteiger partial charge in [-0.3, -0.25) is 4.90 Å². The van der Waals surface area contributed by atoms with E-state index in [1.807, 2.05) is 36.1 Å². The molecule has 5 nitrogen and oxygen atoms in total. The van der Waals surface area contributed by atoms with Crippen molar-refractivity contribution in [2.75, 3.05) is 31.5 Å². The highest BCUT2D eigenvalue weighted by atomic mass is 32.1. The number of benzene rings is 1. The third-order valence-electron chi connectivity index (χ3n) is 4.25. The number of rotatable bonds is 4. The summed E-state index contributed by atoms with van der Waals surface area (Å²) in [5.74, 6) is 0. The molecule has 1 aliphatic rings. The molecule has 0 spiro atoms. The summed E-state index contributed by atoms with van der Waals surface area (Å²) in [4.78, 5) is 21.2. The van der Waals surface area contributed by atoms with Crippen molar-refractivity contribution in [2.45, 2.75) is 26.8 Å². The first-order valence-corrected chi connectivity index (χ1v) is 9.30. The van der Waals surface area contributed by atoms with Crippen molar-refractivity contribution in [3.8, 4) is 0 Å². The number of piperazine rings is 1. The van der Waals surface area contributed by atoms with Gasteiger partial charge in [0.05, 0.1) is 10.7 Å². The number of carbonyl (C=O) groups is 1. The molecular formula is C18H24N4OS. The van der Waals surface area contributed by atoms with E-state index in [-0.39, 0.29) is 6.03 Å². The summed E-state index contributed by atoms with van der Waals surface area (Å²) in [6, 6.07) is 7.88. The fraction of sp³-hybridized carbons (Fsp3) is 0.444. The van der Waals surface area contributed by atoms with E-state index in [0.717, 1.165) is 50.5 Å². The highest BCUT2D eigenvalue weighted by molar-refractivity contribution is 7.09. The van der Waals surface area contributed by atoms with Crippen LogP contribution in [0.4, 0.5) is 10.5 Å². The third-order valence-corrected chi connectivity index (χ3v) is 5.29. The number of nitrogens with zero attached hydrogens (tertiary/aromatic N) is 3. The maximum atomic E-state index is 12.3. The van der Waals surface area contributed by atoms with Gasteiger partial charge in [-0.05, 0) is 25.5 Å². The van der Waals surface area contributed by atoms with Crippen LogP contribution in [0.3, 0.4) is 0 Å². The first-order valence-electron chi connectivity index (χ1n) is 8.42. The zero-order valence-electron chi connectivity index (χ0n) is 14.3. The predicted molar refractivity (Wildman–Crippen MR) is 98.5 cm³/mol. The molecule has 0 atom stereocenters. The van der Waals surface area contributed by atoms with Crippen LogP contribution in [0.25, 0.3) is 0 Å². The molecule has 3 rings (SSSR count). The van der Waals surface area contributed by atoms with E-state index < -0.39 is 0 Å². The number of amides is 2. The topological polar surface area (TPSA) is 48.5 Å². The number of aromatic nitrogens is 1. The van der Waals surface area contributed by atoms with Gasteiger partial charge in [0.15, 0.2) is 0 Å². The summed E-state index contributed by atoms with van der Waals surface area (Å²) >= 11 is 1.73. The van der Waals surface area contributed by atoms with Crippen molar-refractivity contribution < 1.29 is 4.79 Å². The van der Waals surface area contributed by atoms with Crippen molar-refractivity contribution >= 4 is 23.1 Å². The molecule has 0 saturated carbocycles. The van der Waals surface area contributed by atoms with E-state index in [1.165, 1.54) is 10.6 Å². The van der Waals surface area contributed by atoms with Crippen LogP contribution < -0.4 is 5.32 Å². The van der Waals surface area contributed by atoms with E-state index in [0.29, 0.717) is 0 Å². The SMILES string of the molecule is CCc1nc(CN2CCN(C(=O)Nc3ccc(C)cc3)CC2)cs1. The van der Waals surface area contributed by atoms with Crippen LogP contribution in [0.15, 0.2) is 29.6 Å². The molecule has 128 valence electrons. The minimum atomic E-state index is -0.0135. The molecule has 1 N–H and O–H groups in total. The molecule has 24 heavy (non-hydrogen) atoms. The first kappa shape index (κ1) is 16.9. The predicted octanol–water partition coefficient (Wildman–Crippen LogP) is 3.36. The zero-order chi connectivity index (χ0) is 16.9. The summed E-state index contributed by atoms with van der Waals surface area (Å²) in [6.45, 7) is 8.33. The largest absolute Gasteiger partial charge is 0.322 e. The molecule has 0 unspecified atom stereocenters. The Balaban J connectivity index is 1.47. The number of hydrogen-bond donors (Lipinski definition) is 1. The average molecular weight is 344 g/mol. The van der Waals surface area contributed by atoms with Crippen LogP contribution in [-0.4, -0.2) is 47.0 Å². The number of carbonyl (C=O) groups excluding carboxylic acids is 1. The van der Waals surface area contributed by atoms with Crippen molar-refractivity contribution in [1.82, 2.24) is 14.8 Å². The van der Waals surface area contributed by atoms with Gasteiger partial charge >= 0.3 is 6.03 Å². The van der Waals surface area contributed by atoms with Gasteiger partial charge in [0.1, 0.15) is 0 Å². The first-order chi connectivity index (χ1) is 11.6. The van der Waals surface area contributed by atoms with E-state index in [1.54, 1.807) is 11.3 Å². The van der Waals surface area contributed by atoms with Crippen LogP contribution in [0.5, 0.6) is 0 Å². The normalized spacial score (nSPS) is 15.5. The molecule has 2 aromatic rings. The Hall–Kier alpha value is -1.92. The maximum Gasteiger partial charge on any atom is 0.321 e. The van der Waals surface area contributed by atoms with Gasteiger partial charge in [0, 0.05) is 43.8 Å². The Labute approximate surface area is 147 Å². The van der Waals surface area contributed by atoms with Crippen molar-refractivity contribution in [3.63, 3.8) is 0 Å². The molecule has 1 aromatic carbocycles. The Morgan fingerprint density at radius 2 is 1.92 bits per heavy atom. The average Bonchev–Trinajstić information content (AvgIpc) is 3.05. The van der Waals surface area contributed by atoms with E-state index in [4.69, 9.17) is 0 Å². The smallest absolute Gasteiger partial charge is 0.321 e. The second-order valence-electron chi connectivity index (χ2n) is 6.15. The quantitative estimate of drug-likeness (QED) is 0.925. The second kappa shape index (κ2) is 7.77. The minimum absolute atomic E-state index is 0.0135. The zero-order valence-corrected chi connectivity index (χ0v) is 15.1. The summed E-state index contributed by atoms with van der Waals surface area (Å²) in [6.07, 6.45) is 0.998. The summed E-state index contributed by atoms with van der Waals surface area (Å²) in [7, 11) is 0. The second-order valence-corrected chi connectivity index (χ2v) is 7.09. The Morgan fingerprint density at radius 3 is 2.54 bits per heavy atom. The number of nitrogens with one attached hydrogen (secondary N) is 1. The van der Waals surface area contributed by atoms with Gasteiger partial charge in [-0.2, -0.15) is 0 Å². The van der Waals surface area contributed by atoms with Gasteiger partial charge in [-0.15, -0.1) is 11.3 Å². The minimum Gasteiger partial charge on any atom is -0.322 e. The van der Waals surface area contributed by atoms with Crippen LogP contribution in [0.2, 0.25) is 0 Å². The molecule has 2 heterocycles. The highest BCUT2D eigenvalue weighted by Crippen LogP contribution is 2.14. The monoisotopic (exact) mass is 344 g/mol. The molecule has 0 radical (unpaired) electrons. The lowest BCUT2D eigenvalue weighted by atomic mass is 10.2. The van der Waals surface area contributed by atoms with Crippen molar-refractivity contribution in [2.24, 2.45) is 0 Å². The van der Waals surface area contributed by atoms with Gasteiger partial charge in [-0.25, -0.2) is 9.78 Å². The lowest BCUT2D eigenvalue weighted by molar-refractivity contribution is 0.142. The van der Waals surface area contributed by atoms with Crippen LogP contribution in [0.1, 0.15) is 23.2 Å². The molecule has 0 aliphatic carbocycles. The van der Waals surface area contributed by atoms with Gasteiger partial charge in [0.2, 0.25) is 0 Å². The number of anilines is 1. The molecule has 0 bridgehead atoms. The lowest BCUT2D eigenvalue weighted by Gasteiger charge is -2.34. The molecular weight excluding hydrogens is 320 g/mol. The Bertz CT molecular complexity index is 675. The van der Waals surface area contributed by atoms with Crippen LogP contribution in [-0.2, 0) is 13.0 Å². The lowest BCUT2D eigenvalue weighted by Crippen LogP contribution is -2.49. The van der Waals surface area contributed by atoms with Gasteiger partial charge < -0.3 is 10.2 Å². The summed E-state index contributed by atoms with van der Waals surface area (Å²) < 4.78 is 0. The third kappa shape index (κ3) is 4.33. The number of hydrogen-bond acceptors (Lipinski definition) is 4. The molecule has 1 aliphatic heterocycles. The standard InChI is InChI=1S/C18H24N4OS/c1-3-17-19-16(13-24-17)12-21-8-10-22(11-9-21)18(23)20-15-6-4-14(2)5-7-15/h4-7,13H,3,8-12H2,1-2H3,(H,20,23). The fourth-order valence-electron chi connectivity index (χ4n) is 2.76. The van der Waals surface area contributed by atoms with Gasteiger partial charge in [0.25, 0.3) is 0 Å². The maximum absolute atomic E-state index is 12.3.